The summed E-state index contributed by atoms with van der Waals surface area (Å²) in [5.74, 6) is 0.0769. The van der Waals surface area contributed by atoms with E-state index in [1.807, 2.05) is 0 Å². The van der Waals surface area contributed by atoms with E-state index in [4.69, 9.17) is 32.7 Å². The number of hydrogen-bond donors (Lipinski definition) is 1. The minimum Gasteiger partial charge on any atom is -0.508 e. The fourth-order valence-electron chi connectivity index (χ4n) is 1.91. The molecular weight excluding hydrogens is 415 g/mol. The van der Waals surface area contributed by atoms with Crippen molar-refractivity contribution >= 4 is 23.2 Å². The number of benzene rings is 2. The second kappa shape index (κ2) is 9.23. The van der Waals surface area contributed by atoms with Gasteiger partial charge in [-0.2, -0.15) is 17.6 Å². The van der Waals surface area contributed by atoms with Crippen LogP contribution in [-0.4, -0.2) is 30.9 Å². The molecule has 0 atom stereocenters. The monoisotopic (exact) mass is 428 g/mol. The van der Waals surface area contributed by atoms with E-state index in [1.54, 1.807) is 0 Å². The average Bonchev–Trinajstić information content (AvgIpc) is 2.57. The molecule has 0 unspecified atom stereocenters. The van der Waals surface area contributed by atoms with Crippen LogP contribution in [0.25, 0.3) is 0 Å². The molecule has 0 heterocycles. The third kappa shape index (κ3) is 6.25. The van der Waals surface area contributed by atoms with Crippen molar-refractivity contribution < 1.29 is 36.9 Å². The van der Waals surface area contributed by atoms with Crippen LogP contribution in [0.3, 0.4) is 0 Å². The van der Waals surface area contributed by atoms with Crippen molar-refractivity contribution in [3.8, 4) is 23.0 Å². The first-order chi connectivity index (χ1) is 12.7. The van der Waals surface area contributed by atoms with Gasteiger partial charge in [0, 0.05) is 18.6 Å². The summed E-state index contributed by atoms with van der Waals surface area (Å²) in [5, 5.41) is 9.66. The topological polar surface area (TPSA) is 47.9 Å². The molecule has 0 saturated heterocycles. The summed E-state index contributed by atoms with van der Waals surface area (Å²) in [5.41, 5.74) is 0. The van der Waals surface area contributed by atoms with Gasteiger partial charge in [-0.1, -0.05) is 23.2 Å². The van der Waals surface area contributed by atoms with Crippen LogP contribution in [0.4, 0.5) is 17.6 Å². The van der Waals surface area contributed by atoms with Crippen LogP contribution < -0.4 is 14.2 Å². The van der Waals surface area contributed by atoms with Gasteiger partial charge in [0.05, 0.1) is 23.3 Å². The maximum Gasteiger partial charge on any atom is 0.461 e. The van der Waals surface area contributed by atoms with Crippen molar-refractivity contribution in [2.75, 3.05) is 13.2 Å². The number of rotatable bonds is 9. The van der Waals surface area contributed by atoms with Gasteiger partial charge in [0.2, 0.25) is 0 Å². The second-order valence-corrected chi connectivity index (χ2v) is 6.04. The number of aromatic hydroxyl groups is 1. The lowest BCUT2D eigenvalue weighted by Crippen LogP contribution is -2.33. The van der Waals surface area contributed by atoms with Crippen LogP contribution in [-0.2, 0) is 0 Å². The summed E-state index contributed by atoms with van der Waals surface area (Å²) < 4.78 is 64.5. The van der Waals surface area contributed by atoms with Crippen molar-refractivity contribution in [2.24, 2.45) is 0 Å². The fourth-order valence-corrected chi connectivity index (χ4v) is 2.50. The zero-order chi connectivity index (χ0) is 20.0. The van der Waals surface area contributed by atoms with Gasteiger partial charge in [0.15, 0.2) is 5.75 Å². The molecule has 2 aromatic carbocycles. The number of hydrogen-bond acceptors (Lipinski definition) is 4. The molecular formula is C17H14Cl2F4O4. The van der Waals surface area contributed by atoms with Crippen LogP contribution in [0.1, 0.15) is 6.42 Å². The Bertz CT molecular complexity index is 734. The SMILES string of the molecule is Oc1cc(Cl)c(OCCCOc2ccc(OC(F)(F)C(F)F)cc2)c(Cl)c1. The Morgan fingerprint density at radius 1 is 0.926 bits per heavy atom. The highest BCUT2D eigenvalue weighted by atomic mass is 35.5. The third-order valence-corrected chi connectivity index (χ3v) is 3.68. The third-order valence-electron chi connectivity index (χ3n) is 3.12. The van der Waals surface area contributed by atoms with Gasteiger partial charge in [-0.05, 0) is 24.3 Å². The lowest BCUT2D eigenvalue weighted by molar-refractivity contribution is -0.253. The highest BCUT2D eigenvalue weighted by Gasteiger charge is 2.43. The van der Waals surface area contributed by atoms with Crippen molar-refractivity contribution in [1.29, 1.82) is 0 Å². The summed E-state index contributed by atoms with van der Waals surface area (Å²) in [6.45, 7) is 0.437. The molecule has 0 aliphatic rings. The molecule has 0 bridgehead atoms. The molecule has 2 aromatic rings. The minimum absolute atomic E-state index is 0.0839. The Morgan fingerprint density at radius 3 is 2.00 bits per heavy atom. The zero-order valence-corrected chi connectivity index (χ0v) is 15.1. The highest BCUT2D eigenvalue weighted by molar-refractivity contribution is 6.37. The Hall–Kier alpha value is -2.06. The first kappa shape index (κ1) is 21.2. The van der Waals surface area contributed by atoms with E-state index in [9.17, 15) is 22.7 Å². The summed E-state index contributed by atoms with van der Waals surface area (Å²) in [6.07, 6.45) is -8.05. The lowest BCUT2D eigenvalue weighted by Gasteiger charge is -2.17. The molecule has 27 heavy (non-hydrogen) atoms. The van der Waals surface area contributed by atoms with Crippen LogP contribution in [0.2, 0.25) is 10.0 Å². The van der Waals surface area contributed by atoms with Gasteiger partial charge in [-0.25, -0.2) is 0 Å². The molecule has 2 rings (SSSR count). The Labute approximate surface area is 162 Å². The molecule has 0 aliphatic carbocycles. The van der Waals surface area contributed by atoms with Gasteiger partial charge >= 0.3 is 12.5 Å². The van der Waals surface area contributed by atoms with E-state index in [-0.39, 0.29) is 34.8 Å². The van der Waals surface area contributed by atoms with E-state index in [2.05, 4.69) is 4.74 Å². The maximum absolute atomic E-state index is 12.8. The van der Waals surface area contributed by atoms with Crippen molar-refractivity contribution in [2.45, 2.75) is 19.0 Å². The molecule has 4 nitrogen and oxygen atoms in total. The highest BCUT2D eigenvalue weighted by Crippen LogP contribution is 2.36. The number of phenolic OH excluding ortho intramolecular Hbond substituents is 1. The zero-order valence-electron chi connectivity index (χ0n) is 13.6. The van der Waals surface area contributed by atoms with Gasteiger partial charge < -0.3 is 19.3 Å². The fraction of sp³-hybridized carbons (Fsp3) is 0.294. The smallest absolute Gasteiger partial charge is 0.461 e. The van der Waals surface area contributed by atoms with E-state index >= 15 is 0 Å². The predicted molar refractivity (Wildman–Crippen MR) is 91.8 cm³/mol. The van der Waals surface area contributed by atoms with Crippen LogP contribution >= 0.6 is 23.2 Å². The Kier molecular flexibility index (Phi) is 7.26. The van der Waals surface area contributed by atoms with Crippen LogP contribution in [0, 0.1) is 0 Å². The average molecular weight is 429 g/mol. The number of ether oxygens (including phenoxy) is 3. The summed E-state index contributed by atoms with van der Waals surface area (Å²) in [7, 11) is 0. The molecule has 0 aliphatic heterocycles. The first-order valence-electron chi connectivity index (χ1n) is 7.57. The largest absolute Gasteiger partial charge is 0.508 e. The van der Waals surface area contributed by atoms with Gasteiger partial charge in [0.1, 0.15) is 17.2 Å². The summed E-state index contributed by atoms with van der Waals surface area (Å²) in [4.78, 5) is 0. The van der Waals surface area contributed by atoms with Gasteiger partial charge in [-0.3, -0.25) is 0 Å². The molecule has 0 radical (unpaired) electrons. The van der Waals surface area contributed by atoms with Crippen molar-refractivity contribution in [3.05, 3.63) is 46.4 Å². The van der Waals surface area contributed by atoms with Gasteiger partial charge in [0.25, 0.3) is 0 Å². The molecule has 0 fully saturated rings. The van der Waals surface area contributed by atoms with Crippen molar-refractivity contribution in [1.82, 2.24) is 0 Å². The molecule has 0 spiro atoms. The summed E-state index contributed by atoms with van der Waals surface area (Å²) >= 11 is 11.8. The quantitative estimate of drug-likeness (QED) is 0.406. The first-order valence-corrected chi connectivity index (χ1v) is 8.33. The predicted octanol–water partition coefficient (Wildman–Crippen LogP) is 5.78. The van der Waals surface area contributed by atoms with Gasteiger partial charge in [-0.15, -0.1) is 0 Å². The number of halogens is 6. The number of phenols is 1. The Balaban J connectivity index is 1.76. The van der Waals surface area contributed by atoms with Crippen molar-refractivity contribution in [3.63, 3.8) is 0 Å². The second-order valence-electron chi connectivity index (χ2n) is 5.22. The van der Waals surface area contributed by atoms with Crippen LogP contribution in [0.5, 0.6) is 23.0 Å². The molecule has 148 valence electrons. The normalized spacial score (nSPS) is 11.5. The molecule has 0 amide bonds. The molecule has 0 saturated carbocycles. The van der Waals surface area contributed by atoms with E-state index in [1.165, 1.54) is 24.3 Å². The van der Waals surface area contributed by atoms with E-state index < -0.39 is 18.3 Å². The van der Waals surface area contributed by atoms with Crippen LogP contribution in [0.15, 0.2) is 36.4 Å². The standard InChI is InChI=1S/C17H14Cl2F4O4/c18-13-8-10(24)9-14(19)15(13)26-7-1-6-25-11-2-4-12(5-3-11)27-17(22,23)16(20)21/h2-5,8-9,16,24H,1,6-7H2. The molecule has 1 N–H and O–H groups in total. The Morgan fingerprint density at radius 2 is 1.44 bits per heavy atom. The summed E-state index contributed by atoms with van der Waals surface area (Å²) in [6, 6.07) is 7.40. The van der Waals surface area contributed by atoms with E-state index in [0.29, 0.717) is 12.2 Å². The minimum atomic E-state index is -4.56. The van der Waals surface area contributed by atoms with E-state index in [0.717, 1.165) is 12.1 Å². The molecule has 10 heteroatoms. The number of alkyl halides is 4. The maximum atomic E-state index is 12.8. The molecule has 0 aromatic heterocycles. The lowest BCUT2D eigenvalue weighted by atomic mass is 10.3.